The van der Waals surface area contributed by atoms with Gasteiger partial charge in [0.2, 0.25) is 5.91 Å². The molecule has 26 heavy (non-hydrogen) atoms. The molecule has 0 radical (unpaired) electrons. The van der Waals surface area contributed by atoms with Crippen LogP contribution in [0.5, 0.6) is 5.75 Å². The molecule has 9 heteroatoms. The molecular formula is C17H14N2O6S. The number of amides is 4. The lowest BCUT2D eigenvalue weighted by molar-refractivity contribution is -0.131. The minimum absolute atomic E-state index is 0.133. The fraction of sp³-hybridized carbons (Fsp3) is 0.118. The van der Waals surface area contributed by atoms with Gasteiger partial charge in [-0.1, -0.05) is 18.2 Å². The Kier molecular flexibility index (Phi) is 4.47. The number of benzene rings is 2. The number of nitrogens with zero attached hydrogens (tertiary/aromatic N) is 2. The number of hydrogen-bond donors (Lipinski definition) is 0. The van der Waals surface area contributed by atoms with E-state index in [0.717, 1.165) is 0 Å². The van der Waals surface area contributed by atoms with Crippen LogP contribution in [-0.2, 0) is 19.6 Å². The maximum atomic E-state index is 12.7. The summed E-state index contributed by atoms with van der Waals surface area (Å²) in [4.78, 5) is 37.6. The van der Waals surface area contributed by atoms with E-state index in [0.29, 0.717) is 10.6 Å². The Morgan fingerprint density at radius 3 is 2.08 bits per heavy atom. The monoisotopic (exact) mass is 374 g/mol. The number of urea groups is 1. The molecule has 0 unspecified atom stereocenters. The molecule has 0 aliphatic carbocycles. The van der Waals surface area contributed by atoms with Crippen LogP contribution >= 0.6 is 0 Å². The Bertz CT molecular complexity index is 970. The van der Waals surface area contributed by atoms with Crippen molar-refractivity contribution in [2.24, 2.45) is 0 Å². The molecule has 1 fully saturated rings. The van der Waals surface area contributed by atoms with Crippen molar-refractivity contribution in [2.75, 3.05) is 12.0 Å². The number of carbonyl (C=O) groups is 3. The standard InChI is InChI=1S/C17H14N2O6S/c1-25-13-9-7-12(8-10-13)18-15(20)11-16(21)19(17(18)22)26(23,24)14-5-3-2-4-6-14/h2-10H,11H2,1H3. The number of barbiturate groups is 1. The molecule has 134 valence electrons. The van der Waals surface area contributed by atoms with E-state index in [-0.39, 0.29) is 14.9 Å². The maximum absolute atomic E-state index is 12.7. The Hall–Kier alpha value is -3.20. The highest BCUT2D eigenvalue weighted by Gasteiger charge is 2.45. The van der Waals surface area contributed by atoms with Crippen LogP contribution < -0.4 is 9.64 Å². The van der Waals surface area contributed by atoms with Gasteiger partial charge in [-0.25, -0.2) is 18.1 Å². The molecule has 8 nitrogen and oxygen atoms in total. The number of rotatable bonds is 4. The van der Waals surface area contributed by atoms with Gasteiger partial charge in [-0.2, -0.15) is 4.31 Å². The van der Waals surface area contributed by atoms with E-state index in [1.54, 1.807) is 6.07 Å². The molecule has 0 spiro atoms. The van der Waals surface area contributed by atoms with E-state index < -0.39 is 34.3 Å². The minimum atomic E-state index is -4.42. The van der Waals surface area contributed by atoms with Crippen molar-refractivity contribution in [3.8, 4) is 5.75 Å². The average molecular weight is 374 g/mol. The number of hydrogen-bond acceptors (Lipinski definition) is 6. The van der Waals surface area contributed by atoms with Crippen LogP contribution in [0.3, 0.4) is 0 Å². The lowest BCUT2D eigenvalue weighted by atomic mass is 10.2. The highest BCUT2D eigenvalue weighted by molar-refractivity contribution is 7.90. The smallest absolute Gasteiger partial charge is 0.352 e. The third-order valence-electron chi connectivity index (χ3n) is 3.76. The van der Waals surface area contributed by atoms with Gasteiger partial charge in [-0.05, 0) is 36.4 Å². The third kappa shape index (κ3) is 2.93. The second kappa shape index (κ2) is 6.60. The molecular weight excluding hydrogens is 360 g/mol. The molecule has 2 aromatic carbocycles. The lowest BCUT2D eigenvalue weighted by Crippen LogP contribution is -2.57. The van der Waals surface area contributed by atoms with Gasteiger partial charge < -0.3 is 4.74 Å². The molecule has 2 aromatic rings. The fourth-order valence-corrected chi connectivity index (χ4v) is 3.84. The zero-order valence-corrected chi connectivity index (χ0v) is 14.5. The van der Waals surface area contributed by atoms with Gasteiger partial charge in [0.1, 0.15) is 12.2 Å². The molecule has 0 N–H and O–H groups in total. The first-order valence-corrected chi connectivity index (χ1v) is 8.94. The maximum Gasteiger partial charge on any atom is 0.352 e. The first kappa shape index (κ1) is 17.6. The summed E-state index contributed by atoms with van der Waals surface area (Å²) in [5.41, 5.74) is 0.140. The first-order chi connectivity index (χ1) is 12.4. The SMILES string of the molecule is COc1ccc(N2C(=O)CC(=O)N(S(=O)(=O)c3ccccc3)C2=O)cc1. The number of imide groups is 2. The summed E-state index contributed by atoms with van der Waals surface area (Å²) < 4.78 is 30.6. The zero-order chi connectivity index (χ0) is 18.9. The molecule has 1 aliphatic heterocycles. The summed E-state index contributed by atoms with van der Waals surface area (Å²) in [5, 5.41) is 0. The van der Waals surface area contributed by atoms with Gasteiger partial charge in [-0.3, -0.25) is 9.59 Å². The largest absolute Gasteiger partial charge is 0.497 e. The van der Waals surface area contributed by atoms with Gasteiger partial charge in [0, 0.05) is 0 Å². The Morgan fingerprint density at radius 2 is 1.50 bits per heavy atom. The van der Waals surface area contributed by atoms with Gasteiger partial charge in [0.05, 0.1) is 17.7 Å². The van der Waals surface area contributed by atoms with E-state index in [1.165, 1.54) is 55.6 Å². The van der Waals surface area contributed by atoms with Crippen molar-refractivity contribution in [3.05, 3.63) is 54.6 Å². The lowest BCUT2D eigenvalue weighted by Gasteiger charge is -2.31. The predicted octanol–water partition coefficient (Wildman–Crippen LogP) is 1.77. The molecule has 0 aromatic heterocycles. The predicted molar refractivity (Wildman–Crippen MR) is 91.0 cm³/mol. The summed E-state index contributed by atoms with van der Waals surface area (Å²) in [6.07, 6.45) is -0.732. The number of sulfonamides is 1. The number of carbonyl (C=O) groups excluding carboxylic acids is 3. The van der Waals surface area contributed by atoms with E-state index >= 15 is 0 Å². The van der Waals surface area contributed by atoms with Crippen LogP contribution in [0, 0.1) is 0 Å². The fourth-order valence-electron chi connectivity index (χ4n) is 2.50. The molecule has 1 aliphatic rings. The van der Waals surface area contributed by atoms with Crippen LogP contribution in [0.2, 0.25) is 0 Å². The van der Waals surface area contributed by atoms with E-state index in [1.807, 2.05) is 0 Å². The highest BCUT2D eigenvalue weighted by atomic mass is 32.2. The molecule has 0 atom stereocenters. The molecule has 0 bridgehead atoms. The Morgan fingerprint density at radius 1 is 0.885 bits per heavy atom. The quantitative estimate of drug-likeness (QED) is 0.756. The summed E-state index contributed by atoms with van der Waals surface area (Å²) in [6.45, 7) is 0. The Balaban J connectivity index is 2.03. The van der Waals surface area contributed by atoms with Gasteiger partial charge in [-0.15, -0.1) is 0 Å². The van der Waals surface area contributed by atoms with E-state index in [4.69, 9.17) is 4.74 Å². The van der Waals surface area contributed by atoms with Crippen LogP contribution in [-0.4, -0.2) is 37.7 Å². The van der Waals surface area contributed by atoms with Gasteiger partial charge in [0.25, 0.3) is 15.9 Å². The molecule has 4 amide bonds. The van der Waals surface area contributed by atoms with Crippen LogP contribution in [0.25, 0.3) is 0 Å². The zero-order valence-electron chi connectivity index (χ0n) is 13.7. The van der Waals surface area contributed by atoms with Crippen LogP contribution in [0.4, 0.5) is 10.5 Å². The summed E-state index contributed by atoms with van der Waals surface area (Å²) >= 11 is 0. The van der Waals surface area contributed by atoms with Crippen molar-refractivity contribution in [2.45, 2.75) is 11.3 Å². The van der Waals surface area contributed by atoms with Crippen molar-refractivity contribution in [1.29, 1.82) is 0 Å². The van der Waals surface area contributed by atoms with E-state index in [9.17, 15) is 22.8 Å². The molecule has 1 heterocycles. The highest BCUT2D eigenvalue weighted by Crippen LogP contribution is 2.27. The van der Waals surface area contributed by atoms with Gasteiger partial charge in [0.15, 0.2) is 0 Å². The first-order valence-electron chi connectivity index (χ1n) is 7.50. The molecule has 0 saturated carbocycles. The number of ether oxygens (including phenoxy) is 1. The van der Waals surface area contributed by atoms with Crippen molar-refractivity contribution in [1.82, 2.24) is 4.31 Å². The molecule has 3 rings (SSSR count). The second-order valence-corrected chi connectivity index (χ2v) is 7.15. The third-order valence-corrected chi connectivity index (χ3v) is 5.46. The number of methoxy groups -OCH3 is 1. The summed E-state index contributed by atoms with van der Waals surface area (Å²) in [7, 11) is -2.96. The average Bonchev–Trinajstić information content (AvgIpc) is 2.62. The van der Waals surface area contributed by atoms with Crippen molar-refractivity contribution in [3.63, 3.8) is 0 Å². The number of anilines is 1. The topological polar surface area (TPSA) is 101 Å². The second-order valence-electron chi connectivity index (χ2n) is 5.36. The van der Waals surface area contributed by atoms with Crippen molar-refractivity contribution >= 4 is 33.6 Å². The van der Waals surface area contributed by atoms with Crippen LogP contribution in [0.1, 0.15) is 6.42 Å². The minimum Gasteiger partial charge on any atom is -0.497 e. The van der Waals surface area contributed by atoms with Gasteiger partial charge >= 0.3 is 6.03 Å². The summed E-state index contributed by atoms with van der Waals surface area (Å²) in [5.74, 6) is -1.39. The van der Waals surface area contributed by atoms with Crippen molar-refractivity contribution < 1.29 is 27.5 Å². The summed E-state index contributed by atoms with van der Waals surface area (Å²) in [6, 6.07) is 11.7. The normalized spacial score (nSPS) is 15.3. The molecule has 1 saturated heterocycles. The Labute approximate surface area is 149 Å². The van der Waals surface area contributed by atoms with Crippen LogP contribution in [0.15, 0.2) is 59.5 Å². The van der Waals surface area contributed by atoms with E-state index in [2.05, 4.69) is 0 Å².